The van der Waals surface area contributed by atoms with Gasteiger partial charge in [-0.2, -0.15) is 0 Å². The molecule has 0 radical (unpaired) electrons. The van der Waals surface area contributed by atoms with E-state index in [0.29, 0.717) is 5.92 Å². The minimum Gasteiger partial charge on any atom is -0.497 e. The highest BCUT2D eigenvalue weighted by molar-refractivity contribution is 5.54. The summed E-state index contributed by atoms with van der Waals surface area (Å²) in [6.07, 6.45) is 0.946. The van der Waals surface area contributed by atoms with Gasteiger partial charge in [0.05, 0.1) is 7.11 Å². The van der Waals surface area contributed by atoms with Crippen molar-refractivity contribution in [2.75, 3.05) is 7.11 Å². The second-order valence-corrected chi connectivity index (χ2v) is 5.78. The van der Waals surface area contributed by atoms with Gasteiger partial charge in [0.1, 0.15) is 17.2 Å². The van der Waals surface area contributed by atoms with E-state index >= 15 is 0 Å². The van der Waals surface area contributed by atoms with Gasteiger partial charge in [-0.15, -0.1) is 0 Å². The van der Waals surface area contributed by atoms with Crippen LogP contribution in [-0.4, -0.2) is 7.11 Å². The van der Waals surface area contributed by atoms with Gasteiger partial charge in [0.25, 0.3) is 0 Å². The monoisotopic (exact) mass is 302 g/mol. The van der Waals surface area contributed by atoms with Crippen LogP contribution in [0.4, 0.5) is 0 Å². The zero-order valence-corrected chi connectivity index (χ0v) is 13.0. The first-order valence-electron chi connectivity index (χ1n) is 7.84. The number of fused-ring (bicyclic) bond motifs is 2. The number of hydrogen-bond donors (Lipinski definition) is 0. The molecule has 0 aliphatic carbocycles. The zero-order valence-electron chi connectivity index (χ0n) is 13.0. The lowest BCUT2D eigenvalue weighted by molar-refractivity contribution is 0.414. The molecular weight excluding hydrogens is 284 g/mol. The average molecular weight is 302 g/mol. The van der Waals surface area contributed by atoms with E-state index in [1.54, 1.807) is 7.11 Å². The van der Waals surface area contributed by atoms with Crippen molar-refractivity contribution in [3.63, 3.8) is 0 Å². The standard InChI is InChI=1S/C21H18O2/c1-22-16-12-10-15(11-13-16)14-19-17-6-2-4-8-20(17)23-21-9-5-3-7-18(19)21/h2-13,19H,14H2,1H3. The third-order valence-electron chi connectivity index (χ3n) is 4.41. The van der Waals surface area contributed by atoms with Crippen molar-refractivity contribution in [1.82, 2.24) is 0 Å². The fourth-order valence-electron chi connectivity index (χ4n) is 3.23. The number of para-hydroxylation sites is 2. The minimum absolute atomic E-state index is 0.310. The largest absolute Gasteiger partial charge is 0.497 e. The van der Waals surface area contributed by atoms with Crippen LogP contribution in [0, 0.1) is 0 Å². The molecular formula is C21H18O2. The van der Waals surface area contributed by atoms with Crippen LogP contribution in [0.1, 0.15) is 22.6 Å². The van der Waals surface area contributed by atoms with E-state index in [1.807, 2.05) is 36.4 Å². The highest BCUT2D eigenvalue weighted by Gasteiger charge is 2.26. The van der Waals surface area contributed by atoms with Crippen molar-refractivity contribution in [2.24, 2.45) is 0 Å². The van der Waals surface area contributed by atoms with Crippen LogP contribution in [0.5, 0.6) is 17.2 Å². The highest BCUT2D eigenvalue weighted by Crippen LogP contribution is 2.45. The van der Waals surface area contributed by atoms with Crippen LogP contribution in [0.2, 0.25) is 0 Å². The molecule has 3 aromatic carbocycles. The summed E-state index contributed by atoms with van der Waals surface area (Å²) < 4.78 is 11.3. The zero-order chi connectivity index (χ0) is 15.6. The first-order valence-corrected chi connectivity index (χ1v) is 7.84. The van der Waals surface area contributed by atoms with E-state index < -0.39 is 0 Å². The van der Waals surface area contributed by atoms with Crippen molar-refractivity contribution in [3.05, 3.63) is 89.5 Å². The van der Waals surface area contributed by atoms with Crippen LogP contribution < -0.4 is 9.47 Å². The van der Waals surface area contributed by atoms with Crippen molar-refractivity contribution in [1.29, 1.82) is 0 Å². The third kappa shape index (κ3) is 2.57. The van der Waals surface area contributed by atoms with Crippen LogP contribution in [0.3, 0.4) is 0 Å². The van der Waals surface area contributed by atoms with Crippen LogP contribution in [-0.2, 0) is 6.42 Å². The average Bonchev–Trinajstić information content (AvgIpc) is 2.62. The Bertz CT molecular complexity index is 776. The van der Waals surface area contributed by atoms with Gasteiger partial charge in [0, 0.05) is 17.0 Å². The summed E-state index contributed by atoms with van der Waals surface area (Å²) in [7, 11) is 1.69. The minimum atomic E-state index is 0.310. The predicted octanol–water partition coefficient (Wildman–Crippen LogP) is 5.18. The van der Waals surface area contributed by atoms with Gasteiger partial charge in [-0.3, -0.25) is 0 Å². The highest BCUT2D eigenvalue weighted by atomic mass is 16.5. The molecule has 0 saturated heterocycles. The van der Waals surface area contributed by atoms with Crippen LogP contribution in [0.25, 0.3) is 0 Å². The molecule has 0 saturated carbocycles. The van der Waals surface area contributed by atoms with Gasteiger partial charge in [-0.1, -0.05) is 48.5 Å². The Kier molecular flexibility index (Phi) is 3.51. The predicted molar refractivity (Wildman–Crippen MR) is 91.5 cm³/mol. The van der Waals surface area contributed by atoms with Gasteiger partial charge in [-0.05, 0) is 36.2 Å². The lowest BCUT2D eigenvalue weighted by atomic mass is 9.83. The smallest absolute Gasteiger partial charge is 0.131 e. The van der Waals surface area contributed by atoms with E-state index in [0.717, 1.165) is 23.7 Å². The molecule has 23 heavy (non-hydrogen) atoms. The number of methoxy groups -OCH3 is 1. The Labute approximate surface area is 136 Å². The molecule has 0 amide bonds. The van der Waals surface area contributed by atoms with Crippen LogP contribution >= 0.6 is 0 Å². The molecule has 1 aliphatic heterocycles. The summed E-state index contributed by atoms with van der Waals surface area (Å²) >= 11 is 0. The summed E-state index contributed by atoms with van der Waals surface area (Å²) in [5, 5.41) is 0. The molecule has 1 aliphatic rings. The van der Waals surface area contributed by atoms with Gasteiger partial charge in [0.2, 0.25) is 0 Å². The Balaban J connectivity index is 1.74. The van der Waals surface area contributed by atoms with E-state index in [1.165, 1.54) is 16.7 Å². The van der Waals surface area contributed by atoms with Crippen molar-refractivity contribution < 1.29 is 9.47 Å². The summed E-state index contributed by atoms with van der Waals surface area (Å²) in [6, 6.07) is 25.0. The Morgan fingerprint density at radius 2 is 1.35 bits per heavy atom. The fraction of sp³-hybridized carbons (Fsp3) is 0.143. The van der Waals surface area contributed by atoms with Gasteiger partial charge in [-0.25, -0.2) is 0 Å². The SMILES string of the molecule is COc1ccc(CC2c3ccccc3Oc3ccccc32)cc1. The second kappa shape index (κ2) is 5.81. The molecule has 2 heteroatoms. The van der Waals surface area contributed by atoms with Crippen molar-refractivity contribution in [3.8, 4) is 17.2 Å². The maximum atomic E-state index is 6.06. The maximum Gasteiger partial charge on any atom is 0.131 e. The Morgan fingerprint density at radius 1 is 0.783 bits per heavy atom. The maximum absolute atomic E-state index is 6.06. The Morgan fingerprint density at radius 3 is 1.91 bits per heavy atom. The molecule has 0 bridgehead atoms. The topological polar surface area (TPSA) is 18.5 Å². The van der Waals surface area contributed by atoms with E-state index in [4.69, 9.17) is 9.47 Å². The number of hydrogen-bond acceptors (Lipinski definition) is 2. The van der Waals surface area contributed by atoms with Gasteiger partial charge >= 0.3 is 0 Å². The summed E-state index contributed by atoms with van der Waals surface area (Å²) in [6.45, 7) is 0. The lowest BCUT2D eigenvalue weighted by Crippen LogP contribution is -2.12. The molecule has 0 fully saturated rings. The van der Waals surface area contributed by atoms with Gasteiger partial charge < -0.3 is 9.47 Å². The molecule has 2 nitrogen and oxygen atoms in total. The van der Waals surface area contributed by atoms with Crippen molar-refractivity contribution >= 4 is 0 Å². The van der Waals surface area contributed by atoms with Gasteiger partial charge in [0.15, 0.2) is 0 Å². The first-order chi connectivity index (χ1) is 11.3. The molecule has 0 unspecified atom stereocenters. The first kappa shape index (κ1) is 13.9. The normalized spacial score (nSPS) is 12.9. The van der Waals surface area contributed by atoms with E-state index in [2.05, 4.69) is 36.4 Å². The number of benzene rings is 3. The molecule has 114 valence electrons. The van der Waals surface area contributed by atoms with E-state index in [9.17, 15) is 0 Å². The lowest BCUT2D eigenvalue weighted by Gasteiger charge is -2.28. The second-order valence-electron chi connectivity index (χ2n) is 5.78. The molecule has 0 spiro atoms. The van der Waals surface area contributed by atoms with E-state index in [-0.39, 0.29) is 0 Å². The Hall–Kier alpha value is -2.74. The number of ether oxygens (including phenoxy) is 2. The molecule has 3 aromatic rings. The molecule has 0 atom stereocenters. The fourth-order valence-corrected chi connectivity index (χ4v) is 3.23. The molecule has 0 aromatic heterocycles. The van der Waals surface area contributed by atoms with Crippen molar-refractivity contribution in [2.45, 2.75) is 12.3 Å². The summed E-state index contributed by atoms with van der Waals surface area (Å²) in [5.41, 5.74) is 3.80. The summed E-state index contributed by atoms with van der Waals surface area (Å²) in [5.74, 6) is 3.13. The molecule has 4 rings (SSSR count). The molecule has 0 N–H and O–H groups in total. The summed E-state index contributed by atoms with van der Waals surface area (Å²) in [4.78, 5) is 0. The number of rotatable bonds is 3. The molecule has 1 heterocycles. The van der Waals surface area contributed by atoms with Crippen LogP contribution in [0.15, 0.2) is 72.8 Å². The quantitative estimate of drug-likeness (QED) is 0.664. The third-order valence-corrected chi connectivity index (χ3v) is 4.41.